The number of phenolic OH excluding ortho intramolecular Hbond substituents is 1. The van der Waals surface area contributed by atoms with Gasteiger partial charge in [0.2, 0.25) is 0 Å². The van der Waals surface area contributed by atoms with Crippen LogP contribution < -0.4 is 4.74 Å². The first-order valence-corrected chi connectivity index (χ1v) is 9.43. The second kappa shape index (κ2) is 4.91. The van der Waals surface area contributed by atoms with Gasteiger partial charge in [-0.2, -0.15) is 0 Å². The van der Waals surface area contributed by atoms with Crippen molar-refractivity contribution < 1.29 is 9.84 Å². The van der Waals surface area contributed by atoms with E-state index in [0.29, 0.717) is 17.6 Å². The molecule has 1 aliphatic heterocycles. The first-order chi connectivity index (χ1) is 10.9. The number of hydrogen-bond donors (Lipinski definition) is 1. The van der Waals surface area contributed by atoms with Crippen LogP contribution in [0.25, 0.3) is 0 Å². The zero-order valence-corrected chi connectivity index (χ0v) is 15.0. The van der Waals surface area contributed by atoms with Crippen molar-refractivity contribution in [3.8, 4) is 11.5 Å². The van der Waals surface area contributed by atoms with Crippen molar-refractivity contribution in [3.05, 3.63) is 23.3 Å². The maximum absolute atomic E-state index is 10.7. The van der Waals surface area contributed by atoms with Crippen molar-refractivity contribution in [3.63, 3.8) is 0 Å². The van der Waals surface area contributed by atoms with Gasteiger partial charge in [-0.05, 0) is 61.6 Å². The zero-order chi connectivity index (χ0) is 16.4. The highest BCUT2D eigenvalue weighted by Crippen LogP contribution is 2.74. The second-order valence-corrected chi connectivity index (χ2v) is 8.87. The molecular weight excluding hydrogens is 284 g/mol. The lowest BCUT2D eigenvalue weighted by atomic mass is 9.45. The summed E-state index contributed by atoms with van der Waals surface area (Å²) in [6.45, 7) is 9.29. The maximum Gasteiger partial charge on any atom is 0.127 e. The Labute approximate surface area is 140 Å². The number of unbranched alkanes of at least 4 members (excludes halogenated alkanes) is 2. The molecule has 0 saturated heterocycles. The third-order valence-electron chi connectivity index (χ3n) is 7.11. The first kappa shape index (κ1) is 15.4. The molecule has 2 saturated carbocycles. The summed E-state index contributed by atoms with van der Waals surface area (Å²) in [6, 6.07) is 4.22. The average Bonchev–Trinajstić information content (AvgIpc) is 2.81. The lowest BCUT2D eigenvalue weighted by Crippen LogP contribution is -2.59. The fraction of sp³-hybridized carbons (Fsp3) is 0.714. The highest BCUT2D eigenvalue weighted by Gasteiger charge is 2.69. The molecule has 126 valence electrons. The van der Waals surface area contributed by atoms with Crippen molar-refractivity contribution in [1.82, 2.24) is 0 Å². The van der Waals surface area contributed by atoms with E-state index in [0.717, 1.165) is 30.1 Å². The van der Waals surface area contributed by atoms with Crippen molar-refractivity contribution in [1.29, 1.82) is 0 Å². The van der Waals surface area contributed by atoms with Gasteiger partial charge in [0.05, 0.1) is 0 Å². The van der Waals surface area contributed by atoms with Crippen LogP contribution >= 0.6 is 0 Å². The summed E-state index contributed by atoms with van der Waals surface area (Å²) in [4.78, 5) is 0. The third kappa shape index (κ3) is 1.99. The molecule has 0 spiro atoms. The maximum atomic E-state index is 10.7. The van der Waals surface area contributed by atoms with E-state index in [9.17, 15) is 5.11 Å². The van der Waals surface area contributed by atoms with Gasteiger partial charge in [-0.15, -0.1) is 0 Å². The molecule has 1 aromatic carbocycles. The van der Waals surface area contributed by atoms with Gasteiger partial charge in [0.25, 0.3) is 0 Å². The molecule has 3 aliphatic rings. The monoisotopic (exact) mass is 314 g/mol. The van der Waals surface area contributed by atoms with Crippen LogP contribution in [0, 0.1) is 17.3 Å². The Kier molecular flexibility index (Phi) is 3.28. The molecule has 1 N–H and O–H groups in total. The van der Waals surface area contributed by atoms with E-state index in [1.54, 1.807) is 0 Å². The third-order valence-corrected chi connectivity index (χ3v) is 7.11. The van der Waals surface area contributed by atoms with Crippen molar-refractivity contribution in [2.75, 3.05) is 0 Å². The highest BCUT2D eigenvalue weighted by atomic mass is 16.5. The topological polar surface area (TPSA) is 29.5 Å². The van der Waals surface area contributed by atoms with Gasteiger partial charge in [0, 0.05) is 17.4 Å². The molecule has 0 radical (unpaired) electrons. The molecule has 4 rings (SSSR count). The average molecular weight is 314 g/mol. The smallest absolute Gasteiger partial charge is 0.127 e. The number of fused-ring (bicyclic) bond motifs is 2. The van der Waals surface area contributed by atoms with Crippen molar-refractivity contribution in [2.45, 2.75) is 77.7 Å². The van der Waals surface area contributed by atoms with Gasteiger partial charge in [-0.3, -0.25) is 0 Å². The number of benzene rings is 1. The molecule has 0 amide bonds. The summed E-state index contributed by atoms with van der Waals surface area (Å²) < 4.78 is 6.51. The van der Waals surface area contributed by atoms with Gasteiger partial charge < -0.3 is 9.84 Å². The molecule has 4 atom stereocenters. The molecule has 23 heavy (non-hydrogen) atoms. The van der Waals surface area contributed by atoms with E-state index in [1.807, 2.05) is 6.07 Å². The molecule has 2 heteroatoms. The number of phenols is 1. The van der Waals surface area contributed by atoms with E-state index in [4.69, 9.17) is 4.74 Å². The molecule has 2 fully saturated rings. The summed E-state index contributed by atoms with van der Waals surface area (Å²) in [6.07, 6.45) is 7.12. The minimum atomic E-state index is -0.0215. The zero-order valence-electron chi connectivity index (χ0n) is 15.0. The molecule has 2 nitrogen and oxygen atoms in total. The van der Waals surface area contributed by atoms with Crippen LogP contribution in [-0.2, 0) is 6.42 Å². The lowest BCUT2D eigenvalue weighted by Gasteiger charge is -2.62. The summed E-state index contributed by atoms with van der Waals surface area (Å²) in [5, 5.41) is 10.7. The largest absolute Gasteiger partial charge is 0.508 e. The van der Waals surface area contributed by atoms with Gasteiger partial charge >= 0.3 is 0 Å². The number of ether oxygens (including phenoxy) is 1. The van der Waals surface area contributed by atoms with Gasteiger partial charge in [0.15, 0.2) is 0 Å². The van der Waals surface area contributed by atoms with Crippen LogP contribution in [-0.4, -0.2) is 10.7 Å². The molecule has 0 aromatic heterocycles. The standard InChI is InChI=1S/C21H30O2/c1-5-6-7-8-13-11-15(22)17-16(12-13)23-21(4)10-9-14-18(21)19(17)20(14,2)3/h11-12,14,18-19,22H,5-10H2,1-4H3/t14-,18+,19+,21?/m0/s1. The second-order valence-electron chi connectivity index (χ2n) is 8.87. The van der Waals surface area contributed by atoms with E-state index < -0.39 is 0 Å². The highest BCUT2D eigenvalue weighted by molar-refractivity contribution is 5.55. The van der Waals surface area contributed by atoms with Gasteiger partial charge in [-0.1, -0.05) is 33.6 Å². The van der Waals surface area contributed by atoms with E-state index in [1.165, 1.54) is 31.2 Å². The normalized spacial score (nSPS) is 35.9. The van der Waals surface area contributed by atoms with Crippen LogP contribution in [0.3, 0.4) is 0 Å². The van der Waals surface area contributed by atoms with Gasteiger partial charge in [0.1, 0.15) is 17.1 Å². The van der Waals surface area contributed by atoms with Crippen LogP contribution in [0.1, 0.15) is 76.8 Å². The quantitative estimate of drug-likeness (QED) is 0.751. The van der Waals surface area contributed by atoms with Crippen LogP contribution in [0.15, 0.2) is 12.1 Å². The number of aromatic hydroxyl groups is 1. The fourth-order valence-electron chi connectivity index (χ4n) is 5.92. The molecule has 1 heterocycles. The Morgan fingerprint density at radius 2 is 2.00 bits per heavy atom. The number of rotatable bonds is 4. The summed E-state index contributed by atoms with van der Waals surface area (Å²) in [7, 11) is 0. The van der Waals surface area contributed by atoms with Crippen LogP contribution in [0.2, 0.25) is 0 Å². The Bertz CT molecular complexity index is 633. The predicted octanol–water partition coefficient (Wildman–Crippen LogP) is 5.43. The van der Waals surface area contributed by atoms with E-state index >= 15 is 0 Å². The van der Waals surface area contributed by atoms with E-state index in [2.05, 4.69) is 33.8 Å². The van der Waals surface area contributed by atoms with Crippen LogP contribution in [0.5, 0.6) is 11.5 Å². The van der Waals surface area contributed by atoms with Crippen LogP contribution in [0.4, 0.5) is 0 Å². The number of aryl methyl sites for hydroxylation is 1. The molecule has 1 unspecified atom stereocenters. The Hall–Kier alpha value is -1.18. The summed E-state index contributed by atoms with van der Waals surface area (Å²) in [5.41, 5.74) is 2.58. The first-order valence-electron chi connectivity index (χ1n) is 9.43. The fourth-order valence-corrected chi connectivity index (χ4v) is 5.92. The van der Waals surface area contributed by atoms with E-state index in [-0.39, 0.29) is 11.0 Å². The Morgan fingerprint density at radius 1 is 1.22 bits per heavy atom. The minimum absolute atomic E-state index is 0.0215. The summed E-state index contributed by atoms with van der Waals surface area (Å²) >= 11 is 0. The van der Waals surface area contributed by atoms with Crippen molar-refractivity contribution in [2.24, 2.45) is 17.3 Å². The molecule has 2 aliphatic carbocycles. The lowest BCUT2D eigenvalue weighted by molar-refractivity contribution is -0.121. The molecule has 1 aromatic rings. The Morgan fingerprint density at radius 3 is 2.74 bits per heavy atom. The predicted molar refractivity (Wildman–Crippen MR) is 93.1 cm³/mol. The molecule has 0 bridgehead atoms. The minimum Gasteiger partial charge on any atom is -0.508 e. The summed E-state index contributed by atoms with van der Waals surface area (Å²) in [5.74, 6) is 3.22. The van der Waals surface area contributed by atoms with Crippen molar-refractivity contribution >= 4 is 0 Å². The SMILES string of the molecule is CCCCCc1cc(O)c2c(c1)OC1(C)CC[C@H]3[C@@H]1[C@@H]2C3(C)C. The van der Waals surface area contributed by atoms with Gasteiger partial charge in [-0.25, -0.2) is 0 Å². The number of hydrogen-bond acceptors (Lipinski definition) is 2. The Balaban J connectivity index is 1.73. The molecular formula is C21H30O2.